The first-order chi connectivity index (χ1) is 12.5. The number of aryl methyl sites for hydroxylation is 1. The molecule has 0 amide bonds. The van der Waals surface area contributed by atoms with Gasteiger partial charge in [-0.15, -0.1) is 17.9 Å². The Morgan fingerprint density at radius 3 is 2.42 bits per heavy atom. The Kier molecular flexibility index (Phi) is 5.47. The average molecular weight is 374 g/mol. The highest BCUT2D eigenvalue weighted by Gasteiger charge is 2.17. The summed E-state index contributed by atoms with van der Waals surface area (Å²) in [7, 11) is 0. The molecule has 3 rings (SSSR count). The molecule has 3 aromatic rings. The van der Waals surface area contributed by atoms with Gasteiger partial charge >= 0.3 is 0 Å². The van der Waals surface area contributed by atoms with Crippen LogP contribution in [0.1, 0.15) is 11.3 Å². The van der Waals surface area contributed by atoms with Crippen LogP contribution in [-0.2, 0) is 0 Å². The van der Waals surface area contributed by atoms with Crippen LogP contribution in [0.5, 0.6) is 5.75 Å². The van der Waals surface area contributed by atoms with E-state index in [1.807, 2.05) is 19.1 Å². The molecule has 1 heterocycles. The highest BCUT2D eigenvalue weighted by atomic mass is 32.1. The first kappa shape index (κ1) is 18.3. The van der Waals surface area contributed by atoms with Crippen LogP contribution in [0.3, 0.4) is 0 Å². The van der Waals surface area contributed by atoms with Gasteiger partial charge in [0.1, 0.15) is 5.82 Å². The number of hydrogen-bond donors (Lipinski definition) is 0. The molecule has 2 aromatic carbocycles. The Balaban J connectivity index is 1.93. The van der Waals surface area contributed by atoms with Crippen molar-refractivity contribution in [2.75, 3.05) is 6.61 Å². The minimum atomic E-state index is -1.08. The lowest BCUT2D eigenvalue weighted by atomic mass is 10.0. The molecule has 0 saturated carbocycles. The van der Waals surface area contributed by atoms with E-state index < -0.39 is 17.5 Å². The predicted octanol–water partition coefficient (Wildman–Crippen LogP) is 6.76. The summed E-state index contributed by atoms with van der Waals surface area (Å²) in [5, 5.41) is 0. The summed E-state index contributed by atoms with van der Waals surface area (Å²) in [5.41, 5.74) is 0.706. The molecule has 5 heteroatoms. The molecule has 26 heavy (non-hydrogen) atoms. The third-order valence-electron chi connectivity index (χ3n) is 3.91. The maximum atomic E-state index is 14.5. The van der Waals surface area contributed by atoms with Gasteiger partial charge in [0.2, 0.25) is 5.82 Å². The zero-order chi connectivity index (χ0) is 18.7. The van der Waals surface area contributed by atoms with Crippen LogP contribution in [0.2, 0.25) is 0 Å². The van der Waals surface area contributed by atoms with Crippen molar-refractivity contribution in [2.45, 2.75) is 13.3 Å². The van der Waals surface area contributed by atoms with Crippen LogP contribution in [0.25, 0.3) is 21.6 Å². The van der Waals surface area contributed by atoms with Gasteiger partial charge in [0, 0.05) is 20.9 Å². The molecule has 0 saturated heterocycles. The predicted molar refractivity (Wildman–Crippen MR) is 100 cm³/mol. The molecule has 0 atom stereocenters. The van der Waals surface area contributed by atoms with E-state index in [2.05, 4.69) is 6.58 Å². The minimum Gasteiger partial charge on any atom is -0.490 e. The second-order valence-electron chi connectivity index (χ2n) is 5.77. The van der Waals surface area contributed by atoms with Gasteiger partial charge in [0.25, 0.3) is 0 Å². The largest absolute Gasteiger partial charge is 0.490 e. The van der Waals surface area contributed by atoms with Gasteiger partial charge in [-0.3, -0.25) is 0 Å². The minimum absolute atomic E-state index is 0.00798. The number of benzene rings is 2. The van der Waals surface area contributed by atoms with Crippen LogP contribution in [0, 0.1) is 24.4 Å². The molecule has 0 spiro atoms. The van der Waals surface area contributed by atoms with Crippen LogP contribution in [0.4, 0.5) is 13.2 Å². The Bertz CT molecular complexity index is 946. The number of rotatable bonds is 6. The average Bonchev–Trinajstić information content (AvgIpc) is 3.05. The maximum Gasteiger partial charge on any atom is 0.201 e. The fourth-order valence-electron chi connectivity index (χ4n) is 2.58. The van der Waals surface area contributed by atoms with Gasteiger partial charge in [-0.25, -0.2) is 8.78 Å². The van der Waals surface area contributed by atoms with E-state index in [0.717, 1.165) is 9.75 Å². The second-order valence-corrected chi connectivity index (χ2v) is 7.06. The van der Waals surface area contributed by atoms with E-state index >= 15 is 0 Å². The first-order valence-electron chi connectivity index (χ1n) is 8.09. The van der Waals surface area contributed by atoms with E-state index in [1.165, 1.54) is 29.5 Å². The fourth-order valence-corrected chi connectivity index (χ4v) is 3.47. The highest BCUT2D eigenvalue weighted by Crippen LogP contribution is 2.34. The zero-order valence-corrected chi connectivity index (χ0v) is 15.0. The first-order valence-corrected chi connectivity index (χ1v) is 8.91. The second kappa shape index (κ2) is 7.79. The third-order valence-corrected chi connectivity index (χ3v) is 4.95. The lowest BCUT2D eigenvalue weighted by Crippen LogP contribution is -2.01. The molecule has 0 aliphatic carbocycles. The van der Waals surface area contributed by atoms with Crippen LogP contribution in [0.15, 0.2) is 55.1 Å². The summed E-state index contributed by atoms with van der Waals surface area (Å²) in [4.78, 5) is 1.87. The number of halogens is 3. The summed E-state index contributed by atoms with van der Waals surface area (Å²) in [6.45, 7) is 5.69. The van der Waals surface area contributed by atoms with Gasteiger partial charge in [-0.1, -0.05) is 12.1 Å². The van der Waals surface area contributed by atoms with Crippen molar-refractivity contribution in [3.8, 4) is 27.3 Å². The summed E-state index contributed by atoms with van der Waals surface area (Å²) < 4.78 is 48.3. The fraction of sp³-hybridized carbons (Fsp3) is 0.143. The molecular formula is C21H17F3OS. The van der Waals surface area contributed by atoms with Crippen molar-refractivity contribution >= 4 is 11.3 Å². The molecular weight excluding hydrogens is 357 g/mol. The van der Waals surface area contributed by atoms with E-state index in [4.69, 9.17) is 4.74 Å². The third kappa shape index (κ3) is 3.68. The molecule has 1 nitrogen and oxygen atoms in total. The van der Waals surface area contributed by atoms with Crippen molar-refractivity contribution < 1.29 is 17.9 Å². The standard InChI is InChI=1S/C21H17F3OS/c1-3-4-11-25-18-9-8-15(20(23)21(18)24)14-6-7-16(17(22)12-14)19-10-5-13(2)26-19/h3,5-10,12H,1,4,11H2,2H3. The Hall–Kier alpha value is -2.53. The van der Waals surface area contributed by atoms with Crippen molar-refractivity contribution in [3.05, 3.63) is 77.4 Å². The summed E-state index contributed by atoms with van der Waals surface area (Å²) in [5.74, 6) is -2.78. The number of hydrogen-bond acceptors (Lipinski definition) is 2. The monoisotopic (exact) mass is 374 g/mol. The van der Waals surface area contributed by atoms with E-state index in [1.54, 1.807) is 18.2 Å². The number of ether oxygens (including phenoxy) is 1. The van der Waals surface area contributed by atoms with Gasteiger partial charge in [-0.2, -0.15) is 4.39 Å². The Labute approximate surface area is 154 Å². The van der Waals surface area contributed by atoms with Crippen LogP contribution >= 0.6 is 11.3 Å². The summed E-state index contributed by atoms with van der Waals surface area (Å²) in [6.07, 6.45) is 2.15. The van der Waals surface area contributed by atoms with E-state index in [9.17, 15) is 13.2 Å². The Morgan fingerprint density at radius 1 is 1.00 bits per heavy atom. The van der Waals surface area contributed by atoms with Crippen molar-refractivity contribution in [3.63, 3.8) is 0 Å². The molecule has 0 unspecified atom stereocenters. The topological polar surface area (TPSA) is 9.23 Å². The van der Waals surface area contributed by atoms with Crippen molar-refractivity contribution in [2.24, 2.45) is 0 Å². The van der Waals surface area contributed by atoms with E-state index in [0.29, 0.717) is 12.0 Å². The molecule has 134 valence electrons. The summed E-state index contributed by atoms with van der Waals surface area (Å²) in [6, 6.07) is 10.9. The van der Waals surface area contributed by atoms with Gasteiger partial charge in [0.05, 0.1) is 6.61 Å². The lowest BCUT2D eigenvalue weighted by molar-refractivity contribution is 0.302. The smallest absolute Gasteiger partial charge is 0.201 e. The molecule has 0 N–H and O–H groups in total. The Morgan fingerprint density at radius 2 is 1.77 bits per heavy atom. The van der Waals surface area contributed by atoms with Gasteiger partial charge < -0.3 is 4.74 Å². The SMILES string of the molecule is C=CCCOc1ccc(-c2ccc(-c3ccc(C)s3)c(F)c2)c(F)c1F. The van der Waals surface area contributed by atoms with Crippen LogP contribution in [-0.4, -0.2) is 6.61 Å². The summed E-state index contributed by atoms with van der Waals surface area (Å²) >= 11 is 1.48. The quantitative estimate of drug-likeness (QED) is 0.342. The van der Waals surface area contributed by atoms with Gasteiger partial charge in [0.15, 0.2) is 11.6 Å². The van der Waals surface area contributed by atoms with E-state index in [-0.39, 0.29) is 23.5 Å². The number of thiophene rings is 1. The molecule has 1 aromatic heterocycles. The van der Waals surface area contributed by atoms with Crippen molar-refractivity contribution in [1.29, 1.82) is 0 Å². The molecule has 0 radical (unpaired) electrons. The molecule has 0 aliphatic heterocycles. The molecule has 0 bridgehead atoms. The maximum absolute atomic E-state index is 14.5. The van der Waals surface area contributed by atoms with Crippen LogP contribution < -0.4 is 4.74 Å². The molecule has 0 fully saturated rings. The zero-order valence-electron chi connectivity index (χ0n) is 14.2. The lowest BCUT2D eigenvalue weighted by Gasteiger charge is -2.11. The van der Waals surface area contributed by atoms with Gasteiger partial charge in [-0.05, 0) is 55.3 Å². The highest BCUT2D eigenvalue weighted by molar-refractivity contribution is 7.15. The molecule has 0 aliphatic rings. The normalized spacial score (nSPS) is 10.8. The van der Waals surface area contributed by atoms with Crippen molar-refractivity contribution in [1.82, 2.24) is 0 Å².